The lowest BCUT2D eigenvalue weighted by Gasteiger charge is -2.38. The predicted octanol–water partition coefficient (Wildman–Crippen LogP) is 6.65. The van der Waals surface area contributed by atoms with E-state index in [-0.39, 0.29) is 11.7 Å². The highest BCUT2D eigenvalue weighted by Crippen LogP contribution is 2.47. The molecule has 0 N–H and O–H groups in total. The molecule has 2 saturated carbocycles. The van der Waals surface area contributed by atoms with Crippen molar-refractivity contribution in [3.63, 3.8) is 0 Å². The third-order valence-electron chi connectivity index (χ3n) is 5.72. The summed E-state index contributed by atoms with van der Waals surface area (Å²) in [5.74, 6) is -0.107. The van der Waals surface area contributed by atoms with Gasteiger partial charge in [0.25, 0.3) is 0 Å². The van der Waals surface area contributed by atoms with Crippen molar-refractivity contribution in [2.75, 3.05) is 0 Å². The van der Waals surface area contributed by atoms with Crippen LogP contribution < -0.4 is 4.74 Å². The monoisotopic (exact) mass is 368 g/mol. The van der Waals surface area contributed by atoms with Crippen LogP contribution in [-0.2, 0) is 0 Å². The molecule has 1 aromatic carbocycles. The Morgan fingerprint density at radius 3 is 2.19 bits per heavy atom. The Bertz CT molecular complexity index is 614. The topological polar surface area (TPSA) is 9.23 Å². The van der Waals surface area contributed by atoms with Crippen LogP contribution in [-0.4, -0.2) is 6.11 Å². The average Bonchev–Trinajstić information content (AvgIpc) is 2.65. The molecule has 0 aromatic heterocycles. The van der Waals surface area contributed by atoms with Crippen LogP contribution in [0.4, 0.5) is 17.6 Å². The molecule has 0 heterocycles. The number of allylic oxidation sites excluding steroid dienone is 1. The summed E-state index contributed by atoms with van der Waals surface area (Å²) in [5.41, 5.74) is 0. The first-order valence-corrected chi connectivity index (χ1v) is 9.23. The fraction of sp³-hybridized carbons (Fsp3) is 0.524. The lowest BCUT2D eigenvalue weighted by atomic mass is 9.69. The third-order valence-corrected chi connectivity index (χ3v) is 5.72. The molecular formula is C21H24F4O. The second-order valence-electron chi connectivity index (χ2n) is 7.30. The zero-order valence-electron chi connectivity index (χ0n) is 14.7. The standard InChI is InChI=1S/C21H24F4O/c1-2-14-3-5-15(6-4-14)16-7-9-17(10-8-16)21(24,25)26-18-11-12-19(22)20(23)13-18/h2,11-14,16H,1,3-10H2. The van der Waals surface area contributed by atoms with Crippen LogP contribution in [0, 0.1) is 35.3 Å². The fourth-order valence-corrected chi connectivity index (χ4v) is 4.08. The number of benzene rings is 1. The van der Waals surface area contributed by atoms with Crippen LogP contribution in [0.25, 0.3) is 0 Å². The summed E-state index contributed by atoms with van der Waals surface area (Å²) in [7, 11) is 0. The van der Waals surface area contributed by atoms with E-state index in [0.717, 1.165) is 37.8 Å². The Morgan fingerprint density at radius 2 is 1.62 bits per heavy atom. The third kappa shape index (κ3) is 4.41. The van der Waals surface area contributed by atoms with E-state index in [9.17, 15) is 17.6 Å². The first kappa shape index (κ1) is 19.2. The minimum Gasteiger partial charge on any atom is -0.432 e. The summed E-state index contributed by atoms with van der Waals surface area (Å²) < 4.78 is 59.6. The van der Waals surface area contributed by atoms with E-state index in [2.05, 4.69) is 6.58 Å². The number of rotatable bonds is 5. The number of alkyl halides is 2. The van der Waals surface area contributed by atoms with E-state index in [1.165, 1.54) is 5.92 Å². The van der Waals surface area contributed by atoms with E-state index in [1.807, 2.05) is 6.08 Å². The van der Waals surface area contributed by atoms with E-state index in [0.29, 0.717) is 43.6 Å². The van der Waals surface area contributed by atoms with Crippen molar-refractivity contribution < 1.29 is 22.3 Å². The van der Waals surface area contributed by atoms with Gasteiger partial charge in [0.15, 0.2) is 11.6 Å². The van der Waals surface area contributed by atoms with Crippen molar-refractivity contribution in [3.8, 4) is 5.75 Å². The zero-order chi connectivity index (χ0) is 18.7. The van der Waals surface area contributed by atoms with Gasteiger partial charge in [-0.1, -0.05) is 6.08 Å². The van der Waals surface area contributed by atoms with Crippen LogP contribution in [0.3, 0.4) is 0 Å². The van der Waals surface area contributed by atoms with Crippen LogP contribution >= 0.6 is 0 Å². The minimum absolute atomic E-state index is 0.0406. The quantitative estimate of drug-likeness (QED) is 0.417. The van der Waals surface area contributed by atoms with Crippen molar-refractivity contribution in [3.05, 3.63) is 54.3 Å². The van der Waals surface area contributed by atoms with Crippen molar-refractivity contribution in [2.45, 2.75) is 57.5 Å². The second kappa shape index (κ2) is 8.01. The van der Waals surface area contributed by atoms with Gasteiger partial charge in [0.05, 0.1) is 5.92 Å². The number of ether oxygens (including phenoxy) is 1. The van der Waals surface area contributed by atoms with Gasteiger partial charge in [-0.2, -0.15) is 8.78 Å². The Kier molecular flexibility index (Phi) is 5.93. The Morgan fingerprint density at radius 1 is 0.962 bits per heavy atom. The summed E-state index contributed by atoms with van der Waals surface area (Å²) in [6.07, 6.45) is 4.94. The molecule has 0 spiro atoms. The highest BCUT2D eigenvalue weighted by molar-refractivity contribution is 5.25. The molecule has 2 fully saturated rings. The summed E-state index contributed by atoms with van der Waals surface area (Å²) in [4.78, 5) is 0. The molecule has 0 aliphatic heterocycles. The largest absolute Gasteiger partial charge is 0.432 e. The van der Waals surface area contributed by atoms with E-state index < -0.39 is 17.7 Å². The minimum atomic E-state index is -3.46. The van der Waals surface area contributed by atoms with E-state index in [4.69, 9.17) is 4.74 Å². The summed E-state index contributed by atoms with van der Waals surface area (Å²) in [6.45, 7) is 3.85. The zero-order valence-corrected chi connectivity index (χ0v) is 14.7. The predicted molar refractivity (Wildman–Crippen MR) is 92.5 cm³/mol. The molecule has 2 radical (unpaired) electrons. The lowest BCUT2D eigenvalue weighted by Crippen LogP contribution is -2.36. The van der Waals surface area contributed by atoms with Gasteiger partial charge in [0.1, 0.15) is 5.75 Å². The van der Waals surface area contributed by atoms with Gasteiger partial charge in [-0.05, 0) is 81.3 Å². The molecule has 0 bridgehead atoms. The Hall–Kier alpha value is -1.52. The van der Waals surface area contributed by atoms with Gasteiger partial charge >= 0.3 is 6.11 Å². The van der Waals surface area contributed by atoms with Gasteiger partial charge < -0.3 is 4.74 Å². The van der Waals surface area contributed by atoms with Crippen LogP contribution in [0.5, 0.6) is 5.75 Å². The SMILES string of the molecule is C=CC1CC[C](C2CC[C](C(F)(F)Oc3ccc(F)c(F)c3)CC2)CC1. The molecule has 5 heteroatoms. The van der Waals surface area contributed by atoms with Gasteiger partial charge in [-0.25, -0.2) is 8.78 Å². The van der Waals surface area contributed by atoms with E-state index >= 15 is 0 Å². The van der Waals surface area contributed by atoms with Gasteiger partial charge in [0.2, 0.25) is 0 Å². The highest BCUT2D eigenvalue weighted by atomic mass is 19.3. The molecule has 0 amide bonds. The fourth-order valence-electron chi connectivity index (χ4n) is 4.08. The van der Waals surface area contributed by atoms with Crippen molar-refractivity contribution in [2.24, 2.45) is 11.8 Å². The lowest BCUT2D eigenvalue weighted by molar-refractivity contribution is -0.168. The van der Waals surface area contributed by atoms with Crippen molar-refractivity contribution >= 4 is 0 Å². The smallest absolute Gasteiger partial charge is 0.404 e. The van der Waals surface area contributed by atoms with E-state index in [1.54, 1.807) is 0 Å². The molecule has 0 saturated heterocycles. The van der Waals surface area contributed by atoms with Crippen molar-refractivity contribution in [1.82, 2.24) is 0 Å². The van der Waals surface area contributed by atoms with Crippen LogP contribution in [0.1, 0.15) is 51.4 Å². The molecule has 2 aliphatic rings. The Balaban J connectivity index is 1.53. The number of hydrogen-bond donors (Lipinski definition) is 0. The molecule has 3 rings (SSSR count). The summed E-state index contributed by atoms with van der Waals surface area (Å²) in [5, 5.41) is 0. The molecule has 0 atom stereocenters. The van der Waals surface area contributed by atoms with Gasteiger partial charge in [-0.15, -0.1) is 6.58 Å². The maximum absolute atomic E-state index is 14.4. The number of hydrogen-bond acceptors (Lipinski definition) is 1. The molecule has 1 nitrogen and oxygen atoms in total. The maximum atomic E-state index is 14.4. The molecule has 26 heavy (non-hydrogen) atoms. The number of halogens is 4. The van der Waals surface area contributed by atoms with Gasteiger partial charge in [0, 0.05) is 6.07 Å². The van der Waals surface area contributed by atoms with Gasteiger partial charge in [-0.3, -0.25) is 0 Å². The first-order valence-electron chi connectivity index (χ1n) is 9.23. The van der Waals surface area contributed by atoms with Crippen molar-refractivity contribution in [1.29, 1.82) is 0 Å². The molecule has 2 aliphatic carbocycles. The summed E-state index contributed by atoms with van der Waals surface area (Å²) >= 11 is 0. The highest BCUT2D eigenvalue weighted by Gasteiger charge is 2.45. The molecular weight excluding hydrogens is 344 g/mol. The average molecular weight is 368 g/mol. The summed E-state index contributed by atoms with van der Waals surface area (Å²) in [6, 6.07) is 2.47. The normalized spacial score (nSPS) is 21.7. The molecule has 142 valence electrons. The molecule has 1 aromatic rings. The van der Waals surface area contributed by atoms with Crippen LogP contribution in [0.2, 0.25) is 0 Å². The second-order valence-corrected chi connectivity index (χ2v) is 7.30. The first-order chi connectivity index (χ1) is 12.4. The Labute approximate surface area is 152 Å². The molecule has 0 unspecified atom stereocenters. The maximum Gasteiger partial charge on any atom is 0.404 e. The van der Waals surface area contributed by atoms with Crippen LogP contribution in [0.15, 0.2) is 30.9 Å².